The molecule has 40 heavy (non-hydrogen) atoms. The minimum absolute atomic E-state index is 0.0237. The molecule has 2 N–H and O–H groups in total. The number of carbonyl (C=O) groups is 2. The number of nitrogens with zero attached hydrogens (tertiary/aromatic N) is 5. The third-order valence-electron chi connectivity index (χ3n) is 6.67. The van der Waals surface area contributed by atoms with E-state index in [1.807, 2.05) is 24.3 Å². The van der Waals surface area contributed by atoms with E-state index in [1.54, 1.807) is 0 Å². The lowest BCUT2D eigenvalue weighted by atomic mass is 10.0. The molecule has 0 saturated carbocycles. The van der Waals surface area contributed by atoms with Crippen LogP contribution in [0, 0.1) is 0 Å². The van der Waals surface area contributed by atoms with Gasteiger partial charge in [-0.1, -0.05) is 43.3 Å². The fourth-order valence-corrected chi connectivity index (χ4v) is 5.91. The first kappa shape index (κ1) is 29.4. The Morgan fingerprint density at radius 2 is 1.75 bits per heavy atom. The lowest BCUT2D eigenvalue weighted by molar-refractivity contribution is -0.138. The number of sulfonamides is 1. The Hall–Kier alpha value is -3.56. The van der Waals surface area contributed by atoms with Gasteiger partial charge in [-0.15, -0.1) is 0 Å². The van der Waals surface area contributed by atoms with Crippen LogP contribution in [0.2, 0.25) is 0 Å². The van der Waals surface area contributed by atoms with Crippen LogP contribution in [0.15, 0.2) is 63.8 Å². The molecule has 2 aromatic rings. The molecule has 15 heteroatoms. The summed E-state index contributed by atoms with van der Waals surface area (Å²) in [6, 6.07) is 9.39. The molecule has 1 fully saturated rings. The van der Waals surface area contributed by atoms with Crippen molar-refractivity contribution in [3.8, 4) is 0 Å². The van der Waals surface area contributed by atoms with Crippen LogP contribution in [-0.2, 0) is 32.3 Å². The third-order valence-corrected chi connectivity index (χ3v) is 8.59. The summed E-state index contributed by atoms with van der Waals surface area (Å²) in [7, 11) is -4.38. The van der Waals surface area contributed by atoms with E-state index in [4.69, 9.17) is 0 Å². The van der Waals surface area contributed by atoms with Gasteiger partial charge in [0.2, 0.25) is 21.8 Å². The maximum absolute atomic E-state index is 13.5. The van der Waals surface area contributed by atoms with E-state index in [0.717, 1.165) is 27.6 Å². The summed E-state index contributed by atoms with van der Waals surface area (Å²) in [6.07, 6.45) is -4.63. The van der Waals surface area contributed by atoms with Crippen LogP contribution in [0.5, 0.6) is 0 Å². The minimum atomic E-state index is -4.63. The Morgan fingerprint density at radius 1 is 1.07 bits per heavy atom. The number of hydrazine groups is 1. The third kappa shape index (κ3) is 6.77. The minimum Gasteiger partial charge on any atom is -0.351 e. The van der Waals surface area contributed by atoms with Gasteiger partial charge >= 0.3 is 6.18 Å². The number of piperazine rings is 1. The lowest BCUT2D eigenvalue weighted by Crippen LogP contribution is -2.62. The van der Waals surface area contributed by atoms with E-state index in [9.17, 15) is 31.2 Å². The van der Waals surface area contributed by atoms with E-state index in [-0.39, 0.29) is 44.3 Å². The van der Waals surface area contributed by atoms with Gasteiger partial charge in [0.1, 0.15) is 19.3 Å². The van der Waals surface area contributed by atoms with Crippen LogP contribution in [0.25, 0.3) is 0 Å². The average molecular weight is 582 g/mol. The summed E-state index contributed by atoms with van der Waals surface area (Å²) in [5.74, 6) is -0.711. The van der Waals surface area contributed by atoms with Gasteiger partial charge in [-0.2, -0.15) is 33.1 Å². The Morgan fingerprint density at radius 3 is 2.33 bits per heavy atom. The van der Waals surface area contributed by atoms with Gasteiger partial charge in [-0.3, -0.25) is 9.59 Å². The topological polar surface area (TPSA) is 127 Å². The quantitative estimate of drug-likeness (QED) is 0.494. The summed E-state index contributed by atoms with van der Waals surface area (Å²) >= 11 is 0. The molecule has 2 aliphatic rings. The second-order valence-electron chi connectivity index (χ2n) is 9.71. The maximum atomic E-state index is 13.5. The van der Waals surface area contributed by atoms with Crippen molar-refractivity contribution in [2.75, 3.05) is 32.8 Å². The number of hydrogen-bond donors (Lipinski definition) is 2. The molecule has 0 bridgehead atoms. The standard InChI is InChI=1S/C25H30F3N7O4S/c1-17(2)19-5-3-18(4-6-19)13-29-24(37)22-14-33(23(36)15-35-31-16-30-32-35)11-12-34(22)40(38,39)21-9-7-20(8-10-21)25(26,27)28/h3-10,17,22,31H,11-16H2,1-2H3,(H,29,37)/t22-/m1/s1. The molecule has 2 aliphatic heterocycles. The second kappa shape index (κ2) is 11.9. The van der Waals surface area contributed by atoms with Gasteiger partial charge in [0.05, 0.1) is 10.5 Å². The SMILES string of the molecule is CC(C)c1ccc(CNC(=O)[C@H]2CN(C(=O)CN3N=NCN3)CCN2S(=O)(=O)c2ccc(C(F)(F)F)cc2)cc1. The van der Waals surface area contributed by atoms with Crippen molar-refractivity contribution >= 4 is 21.8 Å². The molecular formula is C25H30F3N7O4S. The number of nitrogens with one attached hydrogen (secondary N) is 2. The highest BCUT2D eigenvalue weighted by atomic mass is 32.2. The normalized spacial score (nSPS) is 18.4. The molecule has 216 valence electrons. The zero-order chi connectivity index (χ0) is 29.1. The van der Waals surface area contributed by atoms with Crippen LogP contribution in [-0.4, -0.2) is 73.4 Å². The van der Waals surface area contributed by atoms with E-state index in [2.05, 4.69) is 34.9 Å². The number of carbonyl (C=O) groups excluding carboxylic acids is 2. The molecular weight excluding hydrogens is 551 g/mol. The fraction of sp³-hybridized carbons (Fsp3) is 0.440. The van der Waals surface area contributed by atoms with E-state index < -0.39 is 39.6 Å². The molecule has 2 heterocycles. The molecule has 0 spiro atoms. The zero-order valence-corrected chi connectivity index (χ0v) is 22.7. The molecule has 0 aromatic heterocycles. The number of hydrogen-bond acceptors (Lipinski definition) is 8. The lowest BCUT2D eigenvalue weighted by Gasteiger charge is -2.39. The Balaban J connectivity index is 1.54. The van der Waals surface area contributed by atoms with Crippen molar-refractivity contribution in [3.05, 3.63) is 65.2 Å². The Bertz CT molecular complexity index is 1350. The smallest absolute Gasteiger partial charge is 0.351 e. The predicted molar refractivity (Wildman–Crippen MR) is 138 cm³/mol. The molecule has 1 saturated heterocycles. The van der Waals surface area contributed by atoms with Gasteiger partial charge in [0.15, 0.2) is 0 Å². The van der Waals surface area contributed by atoms with Crippen LogP contribution < -0.4 is 10.7 Å². The number of rotatable bonds is 8. The average Bonchev–Trinajstić information content (AvgIpc) is 3.44. The van der Waals surface area contributed by atoms with E-state index in [0.29, 0.717) is 18.1 Å². The second-order valence-corrected chi connectivity index (χ2v) is 11.6. The van der Waals surface area contributed by atoms with E-state index >= 15 is 0 Å². The monoisotopic (exact) mass is 581 g/mol. The molecule has 2 amide bonds. The number of alkyl halides is 3. The van der Waals surface area contributed by atoms with Gasteiger partial charge in [0, 0.05) is 26.2 Å². The maximum Gasteiger partial charge on any atom is 0.416 e. The largest absolute Gasteiger partial charge is 0.416 e. The van der Waals surface area contributed by atoms with Crippen LogP contribution in [0.1, 0.15) is 36.5 Å². The number of amides is 2. The number of benzene rings is 2. The summed E-state index contributed by atoms with van der Waals surface area (Å²) in [5.41, 5.74) is 3.69. The van der Waals surface area contributed by atoms with Gasteiger partial charge in [0.25, 0.3) is 0 Å². The Kier molecular flexibility index (Phi) is 8.75. The molecule has 11 nitrogen and oxygen atoms in total. The first-order valence-corrected chi connectivity index (χ1v) is 14.0. The summed E-state index contributed by atoms with van der Waals surface area (Å²) in [6.45, 7) is 3.77. The van der Waals surface area contributed by atoms with Crippen molar-refractivity contribution in [2.45, 2.75) is 43.4 Å². The summed E-state index contributed by atoms with van der Waals surface area (Å²) in [5, 5.41) is 11.5. The highest BCUT2D eigenvalue weighted by molar-refractivity contribution is 7.89. The van der Waals surface area contributed by atoms with Crippen LogP contribution >= 0.6 is 0 Å². The molecule has 0 radical (unpaired) electrons. The summed E-state index contributed by atoms with van der Waals surface area (Å²) < 4.78 is 67.0. The van der Waals surface area contributed by atoms with Gasteiger partial charge < -0.3 is 10.2 Å². The van der Waals surface area contributed by atoms with Gasteiger partial charge in [-0.05, 0) is 41.3 Å². The molecule has 0 aliphatic carbocycles. The van der Waals surface area contributed by atoms with E-state index in [1.165, 1.54) is 10.0 Å². The fourth-order valence-electron chi connectivity index (χ4n) is 4.34. The van der Waals surface area contributed by atoms with Crippen molar-refractivity contribution in [3.63, 3.8) is 0 Å². The van der Waals surface area contributed by atoms with Crippen molar-refractivity contribution in [1.82, 2.24) is 25.1 Å². The highest BCUT2D eigenvalue weighted by Gasteiger charge is 2.42. The van der Waals surface area contributed by atoms with Crippen molar-refractivity contribution < 1.29 is 31.2 Å². The van der Waals surface area contributed by atoms with Gasteiger partial charge in [-0.25, -0.2) is 8.42 Å². The molecule has 1 atom stereocenters. The number of halogens is 3. The molecule has 2 aromatic carbocycles. The highest BCUT2D eigenvalue weighted by Crippen LogP contribution is 2.31. The Labute approximate surface area is 230 Å². The first-order valence-electron chi connectivity index (χ1n) is 12.6. The summed E-state index contributed by atoms with van der Waals surface area (Å²) in [4.78, 5) is 27.2. The zero-order valence-electron chi connectivity index (χ0n) is 21.9. The van der Waals surface area contributed by atoms with Crippen LogP contribution in [0.3, 0.4) is 0 Å². The van der Waals surface area contributed by atoms with Crippen LogP contribution in [0.4, 0.5) is 13.2 Å². The van der Waals surface area contributed by atoms with Crippen molar-refractivity contribution in [2.24, 2.45) is 10.3 Å². The first-order chi connectivity index (χ1) is 18.9. The predicted octanol–water partition coefficient (Wildman–Crippen LogP) is 2.49. The molecule has 4 rings (SSSR count). The molecule has 0 unspecified atom stereocenters. The van der Waals surface area contributed by atoms with Crippen molar-refractivity contribution in [1.29, 1.82) is 0 Å².